The molecule has 3 aliphatic heterocycles. The van der Waals surface area contributed by atoms with Crippen molar-refractivity contribution in [2.45, 2.75) is 50.7 Å². The Balaban J connectivity index is 1.49. The lowest BCUT2D eigenvalue weighted by Gasteiger charge is -2.48. The van der Waals surface area contributed by atoms with E-state index < -0.39 is 5.41 Å². The van der Waals surface area contributed by atoms with Gasteiger partial charge in [-0.2, -0.15) is 15.3 Å². The zero-order valence-corrected chi connectivity index (χ0v) is 19.9. The van der Waals surface area contributed by atoms with Crippen LogP contribution in [0, 0.1) is 0 Å². The smallest absolute Gasteiger partial charge is 0.250 e. The second-order valence-electron chi connectivity index (χ2n) is 9.81. The maximum atomic E-state index is 13.6. The van der Waals surface area contributed by atoms with Crippen LogP contribution in [0.4, 0.5) is 0 Å². The number of nitrogens with zero attached hydrogens (tertiary/aromatic N) is 6. The minimum absolute atomic E-state index is 0.0427. The summed E-state index contributed by atoms with van der Waals surface area (Å²) in [6.07, 6.45) is 9.94. The molecule has 5 heterocycles. The largest absolute Gasteiger partial charge is 0.362 e. The summed E-state index contributed by atoms with van der Waals surface area (Å²) in [5.41, 5.74) is 4.76. The molecule has 1 unspecified atom stereocenters. The van der Waals surface area contributed by atoms with E-state index >= 15 is 0 Å². The summed E-state index contributed by atoms with van der Waals surface area (Å²) in [4.78, 5) is 21.8. The average molecular weight is 467 g/mol. The van der Waals surface area contributed by atoms with Gasteiger partial charge in [0.05, 0.1) is 23.4 Å². The quantitative estimate of drug-likeness (QED) is 0.608. The highest BCUT2D eigenvalue weighted by Gasteiger charge is 2.53. The lowest BCUT2D eigenvalue weighted by Crippen LogP contribution is -2.58. The zero-order valence-electron chi connectivity index (χ0n) is 19.9. The van der Waals surface area contributed by atoms with Crippen LogP contribution in [0.3, 0.4) is 0 Å². The van der Waals surface area contributed by atoms with Crippen molar-refractivity contribution < 1.29 is 4.79 Å². The summed E-state index contributed by atoms with van der Waals surface area (Å²) in [7, 11) is 0. The van der Waals surface area contributed by atoms with Crippen LogP contribution in [0.2, 0.25) is 0 Å². The number of rotatable bonds is 4. The highest BCUT2D eigenvalue weighted by atomic mass is 16.2. The number of aromatic nitrogens is 4. The number of carbonyl (C=O) groups excluding carboxylic acids is 1. The summed E-state index contributed by atoms with van der Waals surface area (Å²) in [5.74, 6) is 0.656. The number of nitrogens with one attached hydrogen (secondary N) is 2. The van der Waals surface area contributed by atoms with Gasteiger partial charge in [0.2, 0.25) is 0 Å². The fraction of sp³-hybridized carbons (Fsp3) is 0.308. The van der Waals surface area contributed by atoms with Gasteiger partial charge in [-0.25, -0.2) is 14.6 Å². The van der Waals surface area contributed by atoms with E-state index in [0.717, 1.165) is 33.5 Å². The molecule has 0 spiro atoms. The van der Waals surface area contributed by atoms with Crippen LogP contribution in [0.15, 0.2) is 88.5 Å². The van der Waals surface area contributed by atoms with Crippen molar-refractivity contribution >= 4 is 5.91 Å². The molecule has 2 atom stereocenters. The lowest BCUT2D eigenvalue weighted by molar-refractivity contribution is -0.120. The lowest BCUT2D eigenvalue weighted by atomic mass is 9.62. The maximum absolute atomic E-state index is 13.6. The maximum Gasteiger partial charge on any atom is 0.250 e. The number of carbonyl (C=O) groups is 1. The molecule has 0 fully saturated rings. The molecule has 0 radical (unpaired) electrons. The van der Waals surface area contributed by atoms with E-state index in [4.69, 9.17) is 0 Å². The standard InChI is InChI=1S/C26H26N8O/c1-4-26(19-13-29-33-23(19)31-20-11-25(2,3)32-24(35)22(20)26)18-7-5-6-16(10-18)17-12-30-34(14-17)21-8-9-27-15-28-21/h5-10,12-15,23,31H,4,11H2,1-3H3,(H,32,35)/t23?,26-/m1/s1. The van der Waals surface area contributed by atoms with Gasteiger partial charge in [-0.3, -0.25) is 4.79 Å². The van der Waals surface area contributed by atoms with Crippen molar-refractivity contribution in [3.8, 4) is 16.9 Å². The Bertz CT molecular complexity index is 1420. The minimum Gasteiger partial charge on any atom is -0.362 e. The van der Waals surface area contributed by atoms with Gasteiger partial charge in [-0.05, 0) is 37.5 Å². The first-order valence-corrected chi connectivity index (χ1v) is 11.8. The molecule has 3 aromatic rings. The van der Waals surface area contributed by atoms with E-state index in [-0.39, 0.29) is 17.6 Å². The van der Waals surface area contributed by atoms with Gasteiger partial charge in [0, 0.05) is 47.3 Å². The third kappa shape index (κ3) is 3.30. The van der Waals surface area contributed by atoms with Crippen LogP contribution in [-0.4, -0.2) is 37.4 Å². The molecule has 2 aromatic heterocycles. The molecule has 176 valence electrons. The van der Waals surface area contributed by atoms with E-state index in [0.29, 0.717) is 18.7 Å². The molecule has 2 N–H and O–H groups in total. The Kier molecular flexibility index (Phi) is 4.70. The molecule has 0 saturated carbocycles. The molecule has 0 saturated heterocycles. The van der Waals surface area contributed by atoms with Crippen molar-refractivity contribution in [2.75, 3.05) is 0 Å². The number of fused-ring (bicyclic) bond motifs is 1. The molecule has 1 aromatic carbocycles. The molecule has 0 bridgehead atoms. The van der Waals surface area contributed by atoms with Gasteiger partial charge in [0.1, 0.15) is 6.33 Å². The van der Waals surface area contributed by atoms with Gasteiger partial charge >= 0.3 is 0 Å². The molecule has 3 aliphatic rings. The van der Waals surface area contributed by atoms with Crippen LogP contribution in [0.1, 0.15) is 39.2 Å². The SMILES string of the molecule is CC[C@@]1(c2cccc(-c3cnn(-c4ccncn4)c3)c2)C2=CN=NC2NC2=C1C(=O)NC(C)(C)C2. The Hall–Kier alpha value is -4.14. The van der Waals surface area contributed by atoms with Crippen LogP contribution in [0.5, 0.6) is 0 Å². The third-order valence-electron chi connectivity index (χ3n) is 7.11. The van der Waals surface area contributed by atoms with Crippen molar-refractivity contribution in [1.29, 1.82) is 0 Å². The number of benzene rings is 1. The average Bonchev–Trinajstić information content (AvgIpc) is 3.53. The second-order valence-corrected chi connectivity index (χ2v) is 9.81. The summed E-state index contributed by atoms with van der Waals surface area (Å²) < 4.78 is 1.73. The molecule has 9 nitrogen and oxygen atoms in total. The van der Waals surface area contributed by atoms with E-state index in [1.807, 2.05) is 44.6 Å². The Labute approximate surface area is 203 Å². The first kappa shape index (κ1) is 21.4. The number of azo groups is 1. The van der Waals surface area contributed by atoms with Gasteiger partial charge in [0.15, 0.2) is 12.0 Å². The first-order valence-electron chi connectivity index (χ1n) is 11.8. The fourth-order valence-electron chi connectivity index (χ4n) is 5.59. The summed E-state index contributed by atoms with van der Waals surface area (Å²) in [6.45, 7) is 6.21. The van der Waals surface area contributed by atoms with Crippen molar-refractivity contribution in [1.82, 2.24) is 30.4 Å². The third-order valence-corrected chi connectivity index (χ3v) is 7.11. The van der Waals surface area contributed by atoms with E-state index in [1.165, 1.54) is 6.33 Å². The summed E-state index contributed by atoms with van der Waals surface area (Å²) in [6, 6.07) is 10.2. The Morgan fingerprint density at radius 1 is 1.20 bits per heavy atom. The van der Waals surface area contributed by atoms with E-state index in [1.54, 1.807) is 10.9 Å². The van der Waals surface area contributed by atoms with E-state index in [2.05, 4.69) is 61.1 Å². The summed E-state index contributed by atoms with van der Waals surface area (Å²) >= 11 is 0. The molecule has 9 heteroatoms. The van der Waals surface area contributed by atoms with Gasteiger partial charge in [-0.1, -0.05) is 25.1 Å². The van der Waals surface area contributed by atoms with Crippen molar-refractivity contribution in [3.63, 3.8) is 0 Å². The Morgan fingerprint density at radius 2 is 2.09 bits per heavy atom. The monoisotopic (exact) mass is 466 g/mol. The highest BCUT2D eigenvalue weighted by molar-refractivity contribution is 6.00. The number of hydrogen-bond donors (Lipinski definition) is 2. The topological polar surface area (TPSA) is 109 Å². The molecular weight excluding hydrogens is 440 g/mol. The molecular formula is C26H26N8O. The molecule has 6 rings (SSSR count). The highest BCUT2D eigenvalue weighted by Crippen LogP contribution is 2.51. The van der Waals surface area contributed by atoms with Crippen molar-refractivity contribution in [2.24, 2.45) is 10.2 Å². The molecule has 1 amide bonds. The zero-order chi connectivity index (χ0) is 24.2. The molecule has 0 aliphatic carbocycles. The van der Waals surface area contributed by atoms with Gasteiger partial charge in [0.25, 0.3) is 5.91 Å². The first-order chi connectivity index (χ1) is 16.9. The Morgan fingerprint density at radius 3 is 2.89 bits per heavy atom. The van der Waals surface area contributed by atoms with E-state index in [9.17, 15) is 4.79 Å². The number of hydrogen-bond acceptors (Lipinski definition) is 7. The molecule has 35 heavy (non-hydrogen) atoms. The predicted octanol–water partition coefficient (Wildman–Crippen LogP) is 3.81. The summed E-state index contributed by atoms with van der Waals surface area (Å²) in [5, 5.41) is 19.9. The van der Waals surface area contributed by atoms with Crippen LogP contribution >= 0.6 is 0 Å². The normalized spacial score (nSPS) is 24.4. The van der Waals surface area contributed by atoms with Gasteiger partial charge < -0.3 is 10.6 Å². The number of amides is 1. The fourth-order valence-corrected chi connectivity index (χ4v) is 5.59. The van der Waals surface area contributed by atoms with Crippen LogP contribution < -0.4 is 10.6 Å². The van der Waals surface area contributed by atoms with Gasteiger partial charge in [-0.15, -0.1) is 0 Å². The minimum atomic E-state index is -0.631. The second kappa shape index (κ2) is 7.69. The van der Waals surface area contributed by atoms with Crippen molar-refractivity contribution in [3.05, 3.63) is 83.9 Å². The van der Waals surface area contributed by atoms with Crippen LogP contribution in [0.25, 0.3) is 16.9 Å². The predicted molar refractivity (Wildman–Crippen MR) is 130 cm³/mol. The van der Waals surface area contributed by atoms with Crippen LogP contribution in [-0.2, 0) is 10.2 Å².